The van der Waals surface area contributed by atoms with Crippen molar-refractivity contribution in [3.05, 3.63) is 80.7 Å². The van der Waals surface area contributed by atoms with Crippen LogP contribution in [0, 0.1) is 5.82 Å². The lowest BCUT2D eigenvalue weighted by Crippen LogP contribution is -2.33. The monoisotopic (exact) mass is 582 g/mol. The second kappa shape index (κ2) is 11.7. The Morgan fingerprint density at radius 1 is 1.27 bits per heavy atom. The number of hydrogen-bond donors (Lipinski definition) is 0. The zero-order valence-electron chi connectivity index (χ0n) is 21.9. The molecule has 0 N–H and O–H groups in total. The van der Waals surface area contributed by atoms with Crippen molar-refractivity contribution >= 4 is 45.5 Å². The van der Waals surface area contributed by atoms with E-state index in [4.69, 9.17) is 30.8 Å². The van der Waals surface area contributed by atoms with Gasteiger partial charge in [-0.15, -0.1) is 11.3 Å². The summed E-state index contributed by atoms with van der Waals surface area (Å²) in [7, 11) is 1.39. The minimum Gasteiger partial charge on any atom is -0.472 e. The van der Waals surface area contributed by atoms with Crippen molar-refractivity contribution < 1.29 is 23.4 Å². The Labute approximate surface area is 239 Å². The van der Waals surface area contributed by atoms with Crippen molar-refractivity contribution in [2.45, 2.75) is 38.6 Å². The number of carbonyl (C=O) groups excluding carboxylic acids is 1. The number of aromatic nitrogens is 3. The van der Waals surface area contributed by atoms with E-state index >= 15 is 0 Å². The minimum absolute atomic E-state index is 0.0811. The summed E-state index contributed by atoms with van der Waals surface area (Å²) in [6, 6.07) is 10.0. The fraction of sp³-hybridized carbons (Fsp3) is 0.345. The van der Waals surface area contributed by atoms with Crippen molar-refractivity contribution in [2.75, 3.05) is 26.8 Å². The van der Waals surface area contributed by atoms with E-state index in [1.165, 1.54) is 30.1 Å². The average molecular weight is 583 g/mol. The first-order valence-corrected chi connectivity index (χ1v) is 14.4. The van der Waals surface area contributed by atoms with E-state index in [2.05, 4.69) is 20.5 Å². The Balaban J connectivity index is 1.17. The number of ether oxygens (including phenoxy) is 3. The maximum absolute atomic E-state index is 14.2. The molecule has 2 aliphatic rings. The first-order chi connectivity index (χ1) is 19.5. The average Bonchev–Trinajstić information content (AvgIpc) is 3.54. The van der Waals surface area contributed by atoms with Gasteiger partial charge in [-0.2, -0.15) is 0 Å². The van der Waals surface area contributed by atoms with Crippen LogP contribution < -0.4 is 4.74 Å². The van der Waals surface area contributed by atoms with Crippen molar-refractivity contribution in [3.63, 3.8) is 0 Å². The molecule has 8 nitrogen and oxygen atoms in total. The maximum atomic E-state index is 14.2. The number of thiazole rings is 1. The highest BCUT2D eigenvalue weighted by Crippen LogP contribution is 2.34. The van der Waals surface area contributed by atoms with Gasteiger partial charge in [0.15, 0.2) is 0 Å². The summed E-state index contributed by atoms with van der Waals surface area (Å²) in [5, 5.41) is 0.352. The van der Waals surface area contributed by atoms with Crippen LogP contribution in [0.1, 0.15) is 39.5 Å². The minimum atomic E-state index is -0.395. The molecule has 0 spiro atoms. The van der Waals surface area contributed by atoms with Crippen LogP contribution in [-0.4, -0.2) is 58.3 Å². The normalized spacial score (nSPS) is 17.5. The number of rotatable bonds is 9. The van der Waals surface area contributed by atoms with Crippen LogP contribution in [0.5, 0.6) is 5.88 Å². The lowest BCUT2D eigenvalue weighted by Gasteiger charge is -2.29. The third kappa shape index (κ3) is 5.62. The van der Waals surface area contributed by atoms with Crippen LogP contribution in [-0.2, 0) is 29.2 Å². The molecule has 0 aliphatic carbocycles. The summed E-state index contributed by atoms with van der Waals surface area (Å²) < 4.78 is 32.9. The van der Waals surface area contributed by atoms with Crippen LogP contribution in [0.3, 0.4) is 0 Å². The molecule has 11 heteroatoms. The molecule has 208 valence electrons. The molecule has 1 fully saturated rings. The number of hydrogen-bond acceptors (Lipinski definition) is 8. The van der Waals surface area contributed by atoms with E-state index in [1.807, 2.05) is 12.1 Å². The molecule has 2 aliphatic heterocycles. The Morgan fingerprint density at radius 2 is 2.15 bits per heavy atom. The number of esters is 1. The highest BCUT2D eigenvalue weighted by atomic mass is 35.5. The summed E-state index contributed by atoms with van der Waals surface area (Å²) in [4.78, 5) is 24.8. The molecule has 4 aromatic rings. The van der Waals surface area contributed by atoms with Gasteiger partial charge in [0, 0.05) is 30.3 Å². The fourth-order valence-corrected chi connectivity index (χ4v) is 5.93. The molecule has 0 bridgehead atoms. The molecule has 0 amide bonds. The lowest BCUT2D eigenvalue weighted by atomic mass is 10.1. The second-order valence-corrected chi connectivity index (χ2v) is 11.1. The van der Waals surface area contributed by atoms with Gasteiger partial charge in [0.25, 0.3) is 0 Å². The third-order valence-electron chi connectivity index (χ3n) is 7.29. The quantitative estimate of drug-likeness (QED) is 0.233. The van der Waals surface area contributed by atoms with E-state index in [0.29, 0.717) is 35.1 Å². The summed E-state index contributed by atoms with van der Waals surface area (Å²) in [5.41, 5.74) is 5.61. The summed E-state index contributed by atoms with van der Waals surface area (Å²) >= 11 is 7.38. The Bertz CT molecular complexity index is 1580. The van der Waals surface area contributed by atoms with Gasteiger partial charge in [-0.05, 0) is 48.7 Å². The molecule has 2 aromatic carbocycles. The largest absolute Gasteiger partial charge is 0.472 e. The van der Waals surface area contributed by atoms with Gasteiger partial charge in [0.1, 0.15) is 18.2 Å². The van der Waals surface area contributed by atoms with Crippen LogP contribution in [0.25, 0.3) is 16.6 Å². The predicted octanol–water partition coefficient (Wildman–Crippen LogP) is 5.73. The summed E-state index contributed by atoms with van der Waals surface area (Å²) in [5.74, 6) is 0.696. The fourth-order valence-electron chi connectivity index (χ4n) is 4.97. The van der Waals surface area contributed by atoms with Crippen LogP contribution >= 0.6 is 22.9 Å². The lowest BCUT2D eigenvalue weighted by molar-refractivity contribution is -0.0591. The number of carbonyl (C=O) groups is 1. The van der Waals surface area contributed by atoms with Gasteiger partial charge in [-0.3, -0.25) is 4.90 Å². The van der Waals surface area contributed by atoms with Crippen molar-refractivity contribution in [1.82, 2.24) is 19.4 Å². The Hall–Kier alpha value is -3.31. The highest BCUT2D eigenvalue weighted by Gasteiger charge is 2.25. The van der Waals surface area contributed by atoms with Crippen LogP contribution in [0.2, 0.25) is 5.02 Å². The van der Waals surface area contributed by atoms with Crippen molar-refractivity contribution in [2.24, 2.45) is 0 Å². The SMILES string of the molecule is COC(=O)c1ccc2nc(CN3CC=C(c4scnc4OCc4ccc(Cl)cc4F)CC3)n(C[C@@H]3CCO3)c2c1. The van der Waals surface area contributed by atoms with Gasteiger partial charge in [0.2, 0.25) is 5.88 Å². The van der Waals surface area contributed by atoms with Gasteiger partial charge in [0.05, 0.1) is 53.3 Å². The van der Waals surface area contributed by atoms with Gasteiger partial charge >= 0.3 is 5.97 Å². The van der Waals surface area contributed by atoms with E-state index in [1.54, 1.807) is 23.7 Å². The number of halogens is 2. The van der Waals surface area contributed by atoms with E-state index in [0.717, 1.165) is 54.3 Å². The number of fused-ring (bicyclic) bond motifs is 1. The number of nitrogens with zero attached hydrogens (tertiary/aromatic N) is 4. The molecule has 2 aromatic heterocycles. The van der Waals surface area contributed by atoms with Crippen LogP contribution in [0.4, 0.5) is 4.39 Å². The number of methoxy groups -OCH3 is 1. The molecule has 0 unspecified atom stereocenters. The second-order valence-electron chi connectivity index (χ2n) is 9.84. The highest BCUT2D eigenvalue weighted by molar-refractivity contribution is 7.11. The topological polar surface area (TPSA) is 78.7 Å². The molecular formula is C29H28ClFN4O4S. The van der Waals surface area contributed by atoms with E-state index in [-0.39, 0.29) is 18.7 Å². The predicted molar refractivity (Wildman–Crippen MR) is 151 cm³/mol. The van der Waals surface area contributed by atoms with Gasteiger partial charge in [-0.25, -0.2) is 19.2 Å². The number of imidazole rings is 1. The van der Waals surface area contributed by atoms with Gasteiger partial charge < -0.3 is 18.8 Å². The summed E-state index contributed by atoms with van der Waals surface area (Å²) in [6.45, 7) is 3.80. The molecule has 40 heavy (non-hydrogen) atoms. The Kier molecular flexibility index (Phi) is 7.84. The molecule has 0 radical (unpaired) electrons. The molecule has 1 saturated heterocycles. The van der Waals surface area contributed by atoms with Gasteiger partial charge in [-0.1, -0.05) is 23.7 Å². The molecular weight excluding hydrogens is 555 g/mol. The smallest absolute Gasteiger partial charge is 0.337 e. The zero-order valence-corrected chi connectivity index (χ0v) is 23.5. The number of benzene rings is 2. The van der Waals surface area contributed by atoms with E-state index < -0.39 is 5.82 Å². The molecule has 4 heterocycles. The van der Waals surface area contributed by atoms with Crippen LogP contribution in [0.15, 0.2) is 48.0 Å². The molecule has 1 atom stereocenters. The maximum Gasteiger partial charge on any atom is 0.337 e. The van der Waals surface area contributed by atoms with E-state index in [9.17, 15) is 9.18 Å². The van der Waals surface area contributed by atoms with Crippen molar-refractivity contribution in [3.8, 4) is 5.88 Å². The molecule has 0 saturated carbocycles. The first kappa shape index (κ1) is 26.9. The first-order valence-electron chi connectivity index (χ1n) is 13.1. The third-order valence-corrected chi connectivity index (χ3v) is 8.41. The Morgan fingerprint density at radius 3 is 2.88 bits per heavy atom. The standard InChI is InChI=1S/C29H28ClFN4O4S/c1-37-29(36)19-3-5-24-25(12-19)35(14-22-8-11-38-22)26(33-24)15-34-9-6-18(7-10-34)27-28(32-17-40-27)39-16-20-2-4-21(30)13-23(20)31/h2-6,12-13,17,22H,7-11,14-16H2,1H3/t22-/m0/s1. The zero-order chi connectivity index (χ0) is 27.6. The molecule has 6 rings (SSSR count). The summed E-state index contributed by atoms with van der Waals surface area (Å²) in [6.07, 6.45) is 4.18. The van der Waals surface area contributed by atoms with Crippen molar-refractivity contribution in [1.29, 1.82) is 0 Å².